The van der Waals surface area contributed by atoms with E-state index < -0.39 is 0 Å². The van der Waals surface area contributed by atoms with Crippen molar-refractivity contribution in [3.63, 3.8) is 0 Å². The summed E-state index contributed by atoms with van der Waals surface area (Å²) in [6, 6.07) is 3.78. The monoisotopic (exact) mass is 380 g/mol. The Morgan fingerprint density at radius 1 is 1.00 bits per heavy atom. The van der Waals surface area contributed by atoms with Crippen LogP contribution < -0.4 is 4.74 Å². The zero-order valence-electron chi connectivity index (χ0n) is 16.4. The van der Waals surface area contributed by atoms with Crippen molar-refractivity contribution in [3.8, 4) is 5.75 Å². The largest absolute Gasteiger partial charge is 0.492 e. The zero-order valence-corrected chi connectivity index (χ0v) is 17.2. The van der Waals surface area contributed by atoms with E-state index in [1.807, 2.05) is 12.1 Å². The first-order valence-electron chi connectivity index (χ1n) is 10.7. The second kappa shape index (κ2) is 9.44. The standard InChI is InChI=1S/C23H34ClFO/c1-3-4-15-26-21-14-13-20(23(25)22(21)24)19-11-9-18(10-12-19)17-7-5-16(2)6-8-17/h13-14,16-19H,3-12,15H2,1-2H3. The van der Waals surface area contributed by atoms with Crippen LogP contribution in [0.15, 0.2) is 12.1 Å². The lowest BCUT2D eigenvalue weighted by molar-refractivity contribution is 0.164. The van der Waals surface area contributed by atoms with Crippen molar-refractivity contribution in [1.29, 1.82) is 0 Å². The number of hydrogen-bond donors (Lipinski definition) is 0. The van der Waals surface area contributed by atoms with Crippen LogP contribution in [0.5, 0.6) is 5.75 Å². The molecule has 0 radical (unpaired) electrons. The molecule has 2 aliphatic carbocycles. The maximum atomic E-state index is 14.8. The van der Waals surface area contributed by atoms with Gasteiger partial charge in [0.1, 0.15) is 16.6 Å². The molecule has 3 rings (SSSR count). The van der Waals surface area contributed by atoms with Crippen LogP contribution in [0.1, 0.15) is 89.5 Å². The van der Waals surface area contributed by atoms with Crippen molar-refractivity contribution < 1.29 is 9.13 Å². The molecule has 0 aliphatic heterocycles. The summed E-state index contributed by atoms with van der Waals surface area (Å²) in [5, 5.41) is 0.169. The highest BCUT2D eigenvalue weighted by atomic mass is 35.5. The summed E-state index contributed by atoms with van der Waals surface area (Å²) in [4.78, 5) is 0. The molecule has 0 bridgehead atoms. The first-order valence-corrected chi connectivity index (χ1v) is 11.1. The molecule has 0 spiro atoms. The molecule has 0 amide bonds. The highest BCUT2D eigenvalue weighted by Crippen LogP contribution is 2.45. The molecule has 26 heavy (non-hydrogen) atoms. The van der Waals surface area contributed by atoms with E-state index in [0.717, 1.165) is 49.0 Å². The van der Waals surface area contributed by atoms with E-state index in [1.165, 1.54) is 38.5 Å². The van der Waals surface area contributed by atoms with Crippen molar-refractivity contribution in [3.05, 3.63) is 28.5 Å². The molecule has 0 saturated heterocycles. The van der Waals surface area contributed by atoms with Crippen LogP contribution in [0.3, 0.4) is 0 Å². The summed E-state index contributed by atoms with van der Waals surface area (Å²) in [6.07, 6.45) is 12.3. The summed E-state index contributed by atoms with van der Waals surface area (Å²) >= 11 is 6.26. The first-order chi connectivity index (χ1) is 12.6. The number of unbranched alkanes of at least 4 members (excludes halogenated alkanes) is 1. The molecular weight excluding hydrogens is 347 g/mol. The van der Waals surface area contributed by atoms with Crippen LogP contribution in [-0.2, 0) is 0 Å². The maximum Gasteiger partial charge on any atom is 0.149 e. The Balaban J connectivity index is 1.58. The number of benzene rings is 1. The normalized spacial score (nSPS) is 29.5. The molecular formula is C23H34ClFO. The van der Waals surface area contributed by atoms with Gasteiger partial charge in [0.15, 0.2) is 0 Å². The van der Waals surface area contributed by atoms with Crippen LogP contribution in [0.2, 0.25) is 5.02 Å². The molecule has 146 valence electrons. The molecule has 0 unspecified atom stereocenters. The predicted molar refractivity (Wildman–Crippen MR) is 108 cm³/mol. The third-order valence-electron chi connectivity index (χ3n) is 6.77. The van der Waals surface area contributed by atoms with E-state index in [1.54, 1.807) is 0 Å². The second-order valence-electron chi connectivity index (χ2n) is 8.61. The average molecular weight is 381 g/mol. The van der Waals surface area contributed by atoms with Gasteiger partial charge in [0.25, 0.3) is 0 Å². The Kier molecular flexibility index (Phi) is 7.26. The molecule has 0 atom stereocenters. The van der Waals surface area contributed by atoms with E-state index in [4.69, 9.17) is 16.3 Å². The Hall–Kier alpha value is -0.760. The smallest absolute Gasteiger partial charge is 0.149 e. The predicted octanol–water partition coefficient (Wildman–Crippen LogP) is 7.76. The summed E-state index contributed by atoms with van der Waals surface area (Å²) in [6.45, 7) is 5.09. The lowest BCUT2D eigenvalue weighted by atomic mass is 9.68. The number of hydrogen-bond acceptors (Lipinski definition) is 1. The van der Waals surface area contributed by atoms with Gasteiger partial charge < -0.3 is 4.74 Å². The van der Waals surface area contributed by atoms with Gasteiger partial charge in [-0.1, -0.05) is 50.8 Å². The third kappa shape index (κ3) is 4.74. The van der Waals surface area contributed by atoms with Crippen molar-refractivity contribution in [2.24, 2.45) is 17.8 Å². The Morgan fingerprint density at radius 3 is 2.23 bits per heavy atom. The van der Waals surface area contributed by atoms with Crippen molar-refractivity contribution in [1.82, 2.24) is 0 Å². The fraction of sp³-hybridized carbons (Fsp3) is 0.739. The van der Waals surface area contributed by atoms with Gasteiger partial charge in [-0.05, 0) is 80.2 Å². The van der Waals surface area contributed by atoms with Gasteiger partial charge in [-0.3, -0.25) is 0 Å². The number of ether oxygens (including phenoxy) is 1. The fourth-order valence-corrected chi connectivity index (χ4v) is 5.19. The van der Waals surface area contributed by atoms with E-state index in [0.29, 0.717) is 18.3 Å². The zero-order chi connectivity index (χ0) is 18.5. The summed E-state index contributed by atoms with van der Waals surface area (Å²) in [5.74, 6) is 3.23. The minimum Gasteiger partial charge on any atom is -0.492 e. The Morgan fingerprint density at radius 2 is 1.62 bits per heavy atom. The van der Waals surface area contributed by atoms with Gasteiger partial charge in [0, 0.05) is 0 Å². The summed E-state index contributed by atoms with van der Waals surface area (Å²) < 4.78 is 20.5. The molecule has 1 aromatic carbocycles. The minimum atomic E-state index is -0.254. The molecule has 2 saturated carbocycles. The minimum absolute atomic E-state index is 0.169. The molecule has 1 aromatic rings. The molecule has 0 N–H and O–H groups in total. The third-order valence-corrected chi connectivity index (χ3v) is 7.12. The molecule has 1 nitrogen and oxygen atoms in total. The van der Waals surface area contributed by atoms with Gasteiger partial charge in [0.2, 0.25) is 0 Å². The highest BCUT2D eigenvalue weighted by molar-refractivity contribution is 6.32. The number of halogens is 2. The van der Waals surface area contributed by atoms with E-state index in [2.05, 4.69) is 13.8 Å². The van der Waals surface area contributed by atoms with Crippen LogP contribution >= 0.6 is 11.6 Å². The van der Waals surface area contributed by atoms with Crippen molar-refractivity contribution in [2.75, 3.05) is 6.61 Å². The number of rotatable bonds is 6. The highest BCUT2D eigenvalue weighted by Gasteiger charge is 2.31. The average Bonchev–Trinajstić information content (AvgIpc) is 2.66. The van der Waals surface area contributed by atoms with Crippen LogP contribution in [-0.4, -0.2) is 6.61 Å². The first kappa shape index (κ1) is 20.0. The van der Waals surface area contributed by atoms with Crippen LogP contribution in [0, 0.1) is 23.6 Å². The molecule has 2 fully saturated rings. The fourth-order valence-electron chi connectivity index (χ4n) is 4.96. The topological polar surface area (TPSA) is 9.23 Å². The quantitative estimate of drug-likeness (QED) is 0.458. The van der Waals surface area contributed by atoms with Gasteiger partial charge in [-0.25, -0.2) is 4.39 Å². The molecule has 3 heteroatoms. The SMILES string of the molecule is CCCCOc1ccc(C2CCC(C3CCC(C)CC3)CC2)c(F)c1Cl. The van der Waals surface area contributed by atoms with Crippen molar-refractivity contribution in [2.45, 2.75) is 84.0 Å². The van der Waals surface area contributed by atoms with Gasteiger partial charge >= 0.3 is 0 Å². The Bertz CT molecular complexity index is 572. The summed E-state index contributed by atoms with van der Waals surface area (Å²) in [5.41, 5.74) is 0.800. The van der Waals surface area contributed by atoms with E-state index in [-0.39, 0.29) is 10.8 Å². The molecule has 0 heterocycles. The molecule has 2 aliphatic rings. The summed E-state index contributed by atoms with van der Waals surface area (Å²) in [7, 11) is 0. The van der Waals surface area contributed by atoms with E-state index >= 15 is 0 Å². The van der Waals surface area contributed by atoms with Crippen molar-refractivity contribution >= 4 is 11.6 Å². The van der Waals surface area contributed by atoms with Gasteiger partial charge in [-0.2, -0.15) is 0 Å². The van der Waals surface area contributed by atoms with Gasteiger partial charge in [-0.15, -0.1) is 0 Å². The molecule has 0 aromatic heterocycles. The van der Waals surface area contributed by atoms with Gasteiger partial charge in [0.05, 0.1) is 6.61 Å². The Labute approximate surface area is 163 Å². The second-order valence-corrected chi connectivity index (χ2v) is 8.99. The maximum absolute atomic E-state index is 14.8. The van der Waals surface area contributed by atoms with Crippen LogP contribution in [0.4, 0.5) is 4.39 Å². The lowest BCUT2D eigenvalue weighted by Gasteiger charge is -2.37. The van der Waals surface area contributed by atoms with Crippen LogP contribution in [0.25, 0.3) is 0 Å². The lowest BCUT2D eigenvalue weighted by Crippen LogP contribution is -2.25. The van der Waals surface area contributed by atoms with E-state index in [9.17, 15) is 4.39 Å².